The van der Waals surface area contributed by atoms with E-state index in [9.17, 15) is 4.79 Å². The van der Waals surface area contributed by atoms with Crippen LogP contribution in [-0.2, 0) is 4.79 Å². The minimum Gasteiger partial charge on any atom is -0.342 e. The Labute approximate surface area is 154 Å². The van der Waals surface area contributed by atoms with Crippen molar-refractivity contribution >= 4 is 33.2 Å². The number of rotatable bonds is 8. The summed E-state index contributed by atoms with van der Waals surface area (Å²) in [5.41, 5.74) is 1.04. The number of nitrogens with one attached hydrogen (secondary N) is 2. The van der Waals surface area contributed by atoms with Gasteiger partial charge in [-0.15, -0.1) is 11.3 Å². The average Bonchev–Trinajstić information content (AvgIpc) is 3.11. The molecule has 126 valence electrons. The van der Waals surface area contributed by atoms with Crippen molar-refractivity contribution in [2.24, 2.45) is 0 Å². The minimum absolute atomic E-state index is 0.0148. The predicted molar refractivity (Wildman–Crippen MR) is 98.6 cm³/mol. The molecule has 2 aromatic rings. The highest BCUT2D eigenvalue weighted by Crippen LogP contribution is 2.26. The Kier molecular flexibility index (Phi) is 7.37. The first kappa shape index (κ1) is 18.6. The van der Waals surface area contributed by atoms with Crippen molar-refractivity contribution in [3.63, 3.8) is 0 Å². The van der Waals surface area contributed by atoms with Crippen LogP contribution in [0.25, 0.3) is 0 Å². The van der Waals surface area contributed by atoms with Gasteiger partial charge < -0.3 is 5.32 Å². The molecule has 0 fully saturated rings. The third kappa shape index (κ3) is 5.13. The second kappa shape index (κ2) is 9.52. The Hall–Kier alpha value is -1.75. The molecule has 1 aromatic heterocycles. The van der Waals surface area contributed by atoms with Gasteiger partial charge in [-0.3, -0.25) is 10.1 Å². The van der Waals surface area contributed by atoms with Crippen molar-refractivity contribution in [3.8, 4) is 6.07 Å². The molecule has 0 saturated heterocycles. The summed E-state index contributed by atoms with van der Waals surface area (Å²) in [5.74, 6) is -0.155. The molecule has 2 atom stereocenters. The van der Waals surface area contributed by atoms with Crippen molar-refractivity contribution < 1.29 is 4.79 Å². The number of nitrogens with zero attached hydrogens (tertiary/aromatic N) is 2. The molecule has 1 aromatic carbocycles. The second-order valence-corrected chi connectivity index (χ2v) is 7.08. The van der Waals surface area contributed by atoms with Crippen LogP contribution in [-0.4, -0.2) is 23.5 Å². The van der Waals surface area contributed by atoms with E-state index in [4.69, 9.17) is 5.26 Å². The quantitative estimate of drug-likeness (QED) is 0.658. The van der Waals surface area contributed by atoms with Crippen LogP contribution in [0.5, 0.6) is 0 Å². The van der Waals surface area contributed by atoms with Gasteiger partial charge in [-0.2, -0.15) is 5.26 Å². The van der Waals surface area contributed by atoms with E-state index in [0.29, 0.717) is 6.42 Å². The Bertz CT molecular complexity index is 682. The minimum atomic E-state index is -0.374. The van der Waals surface area contributed by atoms with Crippen LogP contribution in [0.3, 0.4) is 0 Å². The largest absolute Gasteiger partial charge is 0.342 e. The van der Waals surface area contributed by atoms with Gasteiger partial charge in [-0.25, -0.2) is 4.98 Å². The number of halogens is 1. The van der Waals surface area contributed by atoms with Crippen LogP contribution >= 0.6 is 27.3 Å². The molecular formula is C17H19BrN4OS. The number of thiazole rings is 1. The lowest BCUT2D eigenvalue weighted by molar-refractivity contribution is -0.123. The van der Waals surface area contributed by atoms with Crippen molar-refractivity contribution in [3.05, 3.63) is 50.9 Å². The summed E-state index contributed by atoms with van der Waals surface area (Å²) in [6.07, 6.45) is 3.32. The molecule has 0 spiro atoms. The molecule has 5 nitrogen and oxygen atoms in total. The summed E-state index contributed by atoms with van der Waals surface area (Å²) in [4.78, 5) is 16.7. The molecule has 0 aliphatic rings. The lowest BCUT2D eigenvalue weighted by Gasteiger charge is -2.24. The number of amides is 1. The Morgan fingerprint density at radius 3 is 2.75 bits per heavy atom. The van der Waals surface area contributed by atoms with E-state index < -0.39 is 0 Å². The summed E-state index contributed by atoms with van der Waals surface area (Å²) in [6.45, 7) is 2.05. The van der Waals surface area contributed by atoms with E-state index in [1.165, 1.54) is 0 Å². The maximum absolute atomic E-state index is 12.3. The number of aromatic nitrogens is 1. The van der Waals surface area contributed by atoms with Gasteiger partial charge >= 0.3 is 0 Å². The highest BCUT2D eigenvalue weighted by atomic mass is 79.9. The van der Waals surface area contributed by atoms with Gasteiger partial charge in [0, 0.05) is 16.0 Å². The summed E-state index contributed by atoms with van der Waals surface area (Å²) < 4.78 is 1.00. The molecule has 2 rings (SSSR count). The zero-order valence-corrected chi connectivity index (χ0v) is 15.7. The summed E-state index contributed by atoms with van der Waals surface area (Å²) in [5, 5.41) is 17.6. The van der Waals surface area contributed by atoms with Crippen molar-refractivity contribution in [2.45, 2.75) is 31.8 Å². The normalized spacial score (nSPS) is 13.0. The molecule has 1 heterocycles. The van der Waals surface area contributed by atoms with E-state index in [1.54, 1.807) is 17.5 Å². The van der Waals surface area contributed by atoms with Crippen molar-refractivity contribution in [1.82, 2.24) is 15.6 Å². The standard InChI is InChI=1S/C17H19BrN4OS/c1-2-3-14(16(23)20-9-8-19)22-15(17-21-10-11-24-17)12-4-6-13(18)7-5-12/h4-7,10-11,14-15,22H,2-3,9H2,1H3,(H,20,23). The molecule has 1 amide bonds. The second-order valence-electron chi connectivity index (χ2n) is 5.24. The van der Waals surface area contributed by atoms with Crippen LogP contribution in [0.15, 0.2) is 40.3 Å². The van der Waals surface area contributed by atoms with Crippen molar-refractivity contribution in [1.29, 1.82) is 5.26 Å². The fourth-order valence-corrected chi connectivity index (χ4v) is 3.36. The van der Waals surface area contributed by atoms with Crippen molar-refractivity contribution in [2.75, 3.05) is 6.54 Å². The van der Waals surface area contributed by atoms with E-state index in [-0.39, 0.29) is 24.5 Å². The van der Waals surface area contributed by atoms with E-state index in [2.05, 4.69) is 31.5 Å². The van der Waals surface area contributed by atoms with Crippen LogP contribution in [0, 0.1) is 11.3 Å². The monoisotopic (exact) mass is 406 g/mol. The van der Waals surface area contributed by atoms with Gasteiger partial charge in [0.2, 0.25) is 5.91 Å². The molecule has 0 aliphatic carbocycles. The zero-order valence-electron chi connectivity index (χ0n) is 13.3. The lowest BCUT2D eigenvalue weighted by atomic mass is 10.0. The van der Waals surface area contributed by atoms with Gasteiger partial charge in [-0.05, 0) is 24.1 Å². The Morgan fingerprint density at radius 1 is 1.42 bits per heavy atom. The van der Waals surface area contributed by atoms with Gasteiger partial charge in [-0.1, -0.05) is 41.4 Å². The SMILES string of the molecule is CCCC(NC(c1ccc(Br)cc1)c1nccs1)C(=O)NCC#N. The molecule has 2 N–H and O–H groups in total. The van der Waals surface area contributed by atoms with Crippen LogP contribution < -0.4 is 10.6 Å². The van der Waals surface area contributed by atoms with E-state index in [1.807, 2.05) is 42.6 Å². The van der Waals surface area contributed by atoms with Crippen LogP contribution in [0.2, 0.25) is 0 Å². The summed E-state index contributed by atoms with van der Waals surface area (Å²) in [6, 6.07) is 9.38. The maximum Gasteiger partial charge on any atom is 0.237 e. The third-order valence-corrected chi connectivity index (χ3v) is 4.87. The molecule has 0 saturated carbocycles. The highest BCUT2D eigenvalue weighted by molar-refractivity contribution is 9.10. The maximum atomic E-state index is 12.3. The Morgan fingerprint density at radius 2 is 2.17 bits per heavy atom. The number of hydrogen-bond acceptors (Lipinski definition) is 5. The van der Waals surface area contributed by atoms with Gasteiger partial charge in [0.25, 0.3) is 0 Å². The van der Waals surface area contributed by atoms with Gasteiger partial charge in [0.1, 0.15) is 11.6 Å². The fourth-order valence-electron chi connectivity index (χ4n) is 2.37. The zero-order chi connectivity index (χ0) is 17.4. The first-order chi connectivity index (χ1) is 11.7. The van der Waals surface area contributed by atoms with E-state index >= 15 is 0 Å². The summed E-state index contributed by atoms with van der Waals surface area (Å²) in [7, 11) is 0. The highest BCUT2D eigenvalue weighted by Gasteiger charge is 2.24. The predicted octanol–water partition coefficient (Wildman–Crippen LogP) is 3.39. The number of benzene rings is 1. The molecule has 24 heavy (non-hydrogen) atoms. The summed E-state index contributed by atoms with van der Waals surface area (Å²) >= 11 is 4.99. The lowest BCUT2D eigenvalue weighted by Crippen LogP contribution is -2.45. The molecule has 7 heteroatoms. The molecule has 0 radical (unpaired) electrons. The van der Waals surface area contributed by atoms with Gasteiger partial charge in [0.05, 0.1) is 18.2 Å². The first-order valence-corrected chi connectivity index (χ1v) is 9.38. The van der Waals surface area contributed by atoms with E-state index in [0.717, 1.165) is 21.5 Å². The number of hydrogen-bond donors (Lipinski definition) is 2. The fraction of sp³-hybridized carbons (Fsp3) is 0.353. The number of carbonyl (C=O) groups excluding carboxylic acids is 1. The molecule has 0 bridgehead atoms. The number of carbonyl (C=O) groups is 1. The third-order valence-electron chi connectivity index (χ3n) is 3.51. The van der Waals surface area contributed by atoms with Gasteiger partial charge in [0.15, 0.2) is 0 Å². The number of nitriles is 1. The first-order valence-electron chi connectivity index (χ1n) is 7.71. The van der Waals surface area contributed by atoms with Crippen LogP contribution in [0.1, 0.15) is 36.4 Å². The Balaban J connectivity index is 2.24. The molecular weight excluding hydrogens is 388 g/mol. The molecule has 0 aliphatic heterocycles. The average molecular weight is 407 g/mol. The topological polar surface area (TPSA) is 77.8 Å². The smallest absolute Gasteiger partial charge is 0.237 e. The molecule has 2 unspecified atom stereocenters. The van der Waals surface area contributed by atoms with Crippen LogP contribution in [0.4, 0.5) is 0 Å².